The van der Waals surface area contributed by atoms with Crippen molar-refractivity contribution in [2.45, 2.75) is 66.7 Å². The van der Waals surface area contributed by atoms with Gasteiger partial charge in [-0.3, -0.25) is 4.79 Å². The standard InChI is InChI=1S/C15H30N2OS/c1-6-8-9-10-14(3,4)11-17-13(18)15(5,7-2)12(16)19/h6-11H2,1-5H3,(H2,16,19)(H,17,18). The number of hydrogen-bond acceptors (Lipinski definition) is 2. The third-order valence-electron chi connectivity index (χ3n) is 3.94. The zero-order chi connectivity index (χ0) is 15.1. The van der Waals surface area contributed by atoms with E-state index in [4.69, 9.17) is 18.0 Å². The summed E-state index contributed by atoms with van der Waals surface area (Å²) in [5.74, 6) is -0.0499. The Morgan fingerprint density at radius 2 is 1.79 bits per heavy atom. The molecule has 0 aliphatic carbocycles. The minimum atomic E-state index is -0.727. The van der Waals surface area contributed by atoms with Crippen LogP contribution in [0, 0.1) is 10.8 Å². The van der Waals surface area contributed by atoms with Crippen LogP contribution in [0.4, 0.5) is 0 Å². The van der Waals surface area contributed by atoms with Gasteiger partial charge in [-0.15, -0.1) is 0 Å². The Balaban J connectivity index is 4.38. The number of hydrogen-bond donors (Lipinski definition) is 2. The number of carbonyl (C=O) groups excluding carboxylic acids is 1. The van der Waals surface area contributed by atoms with E-state index < -0.39 is 5.41 Å². The molecule has 3 nitrogen and oxygen atoms in total. The van der Waals surface area contributed by atoms with Crippen molar-refractivity contribution in [2.24, 2.45) is 16.6 Å². The monoisotopic (exact) mass is 286 g/mol. The van der Waals surface area contributed by atoms with Gasteiger partial charge in [0.25, 0.3) is 0 Å². The number of thiocarbonyl (C=S) groups is 1. The molecule has 4 heteroatoms. The van der Waals surface area contributed by atoms with Gasteiger partial charge >= 0.3 is 0 Å². The number of amides is 1. The van der Waals surface area contributed by atoms with Crippen molar-refractivity contribution in [3.8, 4) is 0 Å². The first-order valence-corrected chi connectivity index (χ1v) is 7.68. The second-order valence-corrected chi connectivity index (χ2v) is 6.79. The zero-order valence-corrected chi connectivity index (χ0v) is 14.0. The molecular weight excluding hydrogens is 256 g/mol. The fraction of sp³-hybridized carbons (Fsp3) is 0.867. The van der Waals surface area contributed by atoms with Crippen molar-refractivity contribution in [3.63, 3.8) is 0 Å². The molecule has 0 saturated heterocycles. The summed E-state index contributed by atoms with van der Waals surface area (Å²) in [5, 5.41) is 3.02. The van der Waals surface area contributed by atoms with Gasteiger partial charge in [-0.1, -0.05) is 59.2 Å². The molecule has 0 aromatic rings. The quantitative estimate of drug-likeness (QED) is 0.504. The van der Waals surface area contributed by atoms with Gasteiger partial charge in [-0.25, -0.2) is 0 Å². The van der Waals surface area contributed by atoms with Gasteiger partial charge in [-0.05, 0) is 25.2 Å². The number of unbranched alkanes of at least 4 members (excludes halogenated alkanes) is 2. The van der Waals surface area contributed by atoms with Crippen molar-refractivity contribution < 1.29 is 4.79 Å². The average molecular weight is 286 g/mol. The predicted octanol–water partition coefficient (Wildman–Crippen LogP) is 3.41. The molecule has 3 N–H and O–H groups in total. The van der Waals surface area contributed by atoms with E-state index in [9.17, 15) is 4.79 Å². The fourth-order valence-electron chi connectivity index (χ4n) is 1.90. The molecule has 0 heterocycles. The fourth-order valence-corrected chi connectivity index (χ4v) is 2.14. The Morgan fingerprint density at radius 3 is 2.21 bits per heavy atom. The van der Waals surface area contributed by atoms with Crippen molar-refractivity contribution in [2.75, 3.05) is 6.54 Å². The molecule has 0 saturated carbocycles. The molecule has 0 aliphatic rings. The summed E-state index contributed by atoms with van der Waals surface area (Å²) in [6, 6.07) is 0. The molecule has 112 valence electrons. The zero-order valence-electron chi connectivity index (χ0n) is 13.1. The first-order chi connectivity index (χ1) is 8.69. The van der Waals surface area contributed by atoms with Crippen LogP contribution in [0.2, 0.25) is 0 Å². The van der Waals surface area contributed by atoms with Gasteiger partial charge in [0.05, 0.1) is 10.4 Å². The normalized spacial score (nSPS) is 14.8. The van der Waals surface area contributed by atoms with Gasteiger partial charge < -0.3 is 11.1 Å². The lowest BCUT2D eigenvalue weighted by atomic mass is 9.84. The van der Waals surface area contributed by atoms with Crippen LogP contribution in [0.25, 0.3) is 0 Å². The highest BCUT2D eigenvalue weighted by atomic mass is 32.1. The van der Waals surface area contributed by atoms with Crippen molar-refractivity contribution in [3.05, 3.63) is 0 Å². The van der Waals surface area contributed by atoms with Crippen LogP contribution in [0.15, 0.2) is 0 Å². The van der Waals surface area contributed by atoms with Crippen LogP contribution >= 0.6 is 12.2 Å². The second kappa shape index (κ2) is 7.83. The molecular formula is C15H30N2OS. The van der Waals surface area contributed by atoms with Crippen LogP contribution in [0.5, 0.6) is 0 Å². The van der Waals surface area contributed by atoms with E-state index in [2.05, 4.69) is 26.1 Å². The Labute approximate surface area is 123 Å². The van der Waals surface area contributed by atoms with E-state index in [0.717, 1.165) is 6.42 Å². The van der Waals surface area contributed by atoms with Crippen LogP contribution < -0.4 is 11.1 Å². The van der Waals surface area contributed by atoms with Crippen LogP contribution in [0.1, 0.15) is 66.7 Å². The molecule has 0 bridgehead atoms. The lowest BCUT2D eigenvalue weighted by molar-refractivity contribution is -0.127. The molecule has 0 aliphatic heterocycles. The summed E-state index contributed by atoms with van der Waals surface area (Å²) in [7, 11) is 0. The molecule has 0 spiro atoms. The average Bonchev–Trinajstić information content (AvgIpc) is 2.34. The van der Waals surface area contributed by atoms with Gasteiger partial charge in [-0.2, -0.15) is 0 Å². The van der Waals surface area contributed by atoms with E-state index in [0.29, 0.717) is 13.0 Å². The molecule has 0 aromatic heterocycles. The number of nitrogens with one attached hydrogen (secondary N) is 1. The van der Waals surface area contributed by atoms with Crippen molar-refractivity contribution in [1.29, 1.82) is 0 Å². The highest BCUT2D eigenvalue weighted by Gasteiger charge is 2.35. The smallest absolute Gasteiger partial charge is 0.232 e. The lowest BCUT2D eigenvalue weighted by Gasteiger charge is -2.30. The van der Waals surface area contributed by atoms with Gasteiger partial charge in [0, 0.05) is 6.54 Å². The van der Waals surface area contributed by atoms with Crippen LogP contribution in [-0.4, -0.2) is 17.4 Å². The summed E-state index contributed by atoms with van der Waals surface area (Å²) < 4.78 is 0. The maximum absolute atomic E-state index is 12.2. The van der Waals surface area contributed by atoms with E-state index in [1.54, 1.807) is 0 Å². The Kier molecular flexibility index (Phi) is 7.57. The third-order valence-corrected chi connectivity index (χ3v) is 4.39. The summed E-state index contributed by atoms with van der Waals surface area (Å²) in [5.41, 5.74) is 5.08. The van der Waals surface area contributed by atoms with E-state index in [1.165, 1.54) is 19.3 Å². The highest BCUT2D eigenvalue weighted by molar-refractivity contribution is 7.80. The predicted molar refractivity (Wildman–Crippen MR) is 86.1 cm³/mol. The largest absolute Gasteiger partial charge is 0.392 e. The van der Waals surface area contributed by atoms with E-state index in [1.807, 2.05) is 13.8 Å². The summed E-state index contributed by atoms with van der Waals surface area (Å²) >= 11 is 5.02. The minimum absolute atomic E-state index is 0.0499. The Hall–Kier alpha value is -0.640. The first kappa shape index (κ1) is 18.4. The first-order valence-electron chi connectivity index (χ1n) is 7.28. The van der Waals surface area contributed by atoms with Crippen molar-refractivity contribution >= 4 is 23.1 Å². The SMILES string of the molecule is CCCCCC(C)(C)CNC(=O)C(C)(CC)C(N)=S. The molecule has 1 unspecified atom stereocenters. The number of carbonyl (C=O) groups is 1. The molecule has 0 aromatic carbocycles. The van der Waals surface area contributed by atoms with Crippen LogP contribution in [-0.2, 0) is 4.79 Å². The maximum atomic E-state index is 12.2. The topological polar surface area (TPSA) is 55.1 Å². The molecule has 0 radical (unpaired) electrons. The molecule has 1 amide bonds. The van der Waals surface area contributed by atoms with Gasteiger partial charge in [0.15, 0.2) is 0 Å². The summed E-state index contributed by atoms with van der Waals surface area (Å²) in [4.78, 5) is 12.5. The van der Waals surface area contributed by atoms with Crippen LogP contribution in [0.3, 0.4) is 0 Å². The Bertz CT molecular complexity index is 315. The number of nitrogens with two attached hydrogens (primary N) is 1. The third kappa shape index (κ3) is 5.89. The molecule has 1 atom stereocenters. The Morgan fingerprint density at radius 1 is 1.21 bits per heavy atom. The minimum Gasteiger partial charge on any atom is -0.392 e. The summed E-state index contributed by atoms with van der Waals surface area (Å²) in [6.45, 7) is 11.0. The molecule has 0 fully saturated rings. The highest BCUT2D eigenvalue weighted by Crippen LogP contribution is 2.25. The molecule has 19 heavy (non-hydrogen) atoms. The molecule has 0 rings (SSSR count). The maximum Gasteiger partial charge on any atom is 0.232 e. The van der Waals surface area contributed by atoms with E-state index in [-0.39, 0.29) is 16.3 Å². The number of rotatable bonds is 9. The van der Waals surface area contributed by atoms with E-state index >= 15 is 0 Å². The second-order valence-electron chi connectivity index (χ2n) is 6.35. The summed E-state index contributed by atoms with van der Waals surface area (Å²) in [6.07, 6.45) is 5.43. The lowest BCUT2D eigenvalue weighted by Crippen LogP contribution is -2.48. The van der Waals surface area contributed by atoms with Gasteiger partial charge in [0.1, 0.15) is 0 Å². The van der Waals surface area contributed by atoms with Crippen molar-refractivity contribution in [1.82, 2.24) is 5.32 Å². The van der Waals surface area contributed by atoms with Gasteiger partial charge in [0.2, 0.25) is 5.91 Å².